The highest BCUT2D eigenvalue weighted by Gasteiger charge is 2.22. The van der Waals surface area contributed by atoms with Gasteiger partial charge in [0.25, 0.3) is 17.5 Å². The maximum absolute atomic E-state index is 12.0. The molecule has 0 saturated heterocycles. The fourth-order valence-corrected chi connectivity index (χ4v) is 1.80. The lowest BCUT2D eigenvalue weighted by Gasteiger charge is -2.13. The second-order valence-electron chi connectivity index (χ2n) is 4.96. The second-order valence-corrected chi connectivity index (χ2v) is 4.96. The van der Waals surface area contributed by atoms with E-state index in [0.717, 1.165) is 0 Å². The number of esters is 1. The van der Waals surface area contributed by atoms with Crippen molar-refractivity contribution < 1.29 is 28.5 Å². The lowest BCUT2D eigenvalue weighted by Crippen LogP contribution is -2.31. The summed E-state index contributed by atoms with van der Waals surface area (Å²) in [5.41, 5.74) is -0.256. The normalized spacial score (nSPS) is 11.4. The van der Waals surface area contributed by atoms with Crippen LogP contribution in [0.15, 0.2) is 34.9 Å². The molecule has 10 heteroatoms. The first-order valence-electron chi connectivity index (χ1n) is 7.16. The number of carbonyl (C=O) groups excluding carboxylic acids is 2. The molecule has 0 aliphatic carbocycles. The minimum Gasteiger partial charge on any atom is -0.463 e. The van der Waals surface area contributed by atoms with Crippen LogP contribution in [0.1, 0.15) is 12.7 Å². The number of amides is 1. The first-order valence-corrected chi connectivity index (χ1v) is 7.16. The van der Waals surface area contributed by atoms with Gasteiger partial charge in [0.05, 0.1) is 4.92 Å². The Morgan fingerprint density at radius 3 is 2.76 bits per heavy atom. The molecule has 1 aromatic carbocycles. The molecule has 2 aromatic rings. The van der Waals surface area contributed by atoms with E-state index in [4.69, 9.17) is 14.0 Å². The molecule has 1 amide bonds. The minimum absolute atomic E-state index is 0.00900. The van der Waals surface area contributed by atoms with Crippen LogP contribution in [-0.4, -0.2) is 34.7 Å². The number of para-hydroxylation sites is 2. The van der Waals surface area contributed by atoms with E-state index in [1.165, 1.54) is 37.3 Å². The minimum atomic E-state index is -1.17. The number of nitro benzene ring substituents is 1. The largest absolute Gasteiger partial charge is 0.463 e. The molecule has 0 radical (unpaired) electrons. The molecule has 0 aliphatic rings. The smallest absolute Gasteiger partial charge is 0.345 e. The Labute approximate surface area is 141 Å². The lowest BCUT2D eigenvalue weighted by atomic mass is 10.2. The lowest BCUT2D eigenvalue weighted by molar-refractivity contribution is -0.383. The van der Waals surface area contributed by atoms with E-state index in [1.807, 2.05) is 0 Å². The fraction of sp³-hybridized carbons (Fsp3) is 0.267. The van der Waals surface area contributed by atoms with Gasteiger partial charge in [0.1, 0.15) is 11.4 Å². The molecule has 1 atom stereocenters. The van der Waals surface area contributed by atoms with Crippen molar-refractivity contribution in [3.05, 3.63) is 46.2 Å². The van der Waals surface area contributed by atoms with Gasteiger partial charge >= 0.3 is 5.97 Å². The second kappa shape index (κ2) is 7.90. The fourth-order valence-electron chi connectivity index (χ4n) is 1.80. The van der Waals surface area contributed by atoms with Gasteiger partial charge in [0, 0.05) is 12.1 Å². The Morgan fingerprint density at radius 2 is 2.12 bits per heavy atom. The van der Waals surface area contributed by atoms with Crippen molar-refractivity contribution in [3.63, 3.8) is 0 Å². The molecule has 0 saturated carbocycles. The van der Waals surface area contributed by atoms with E-state index in [9.17, 15) is 19.7 Å². The van der Waals surface area contributed by atoms with Gasteiger partial charge in [-0.3, -0.25) is 14.9 Å². The molecule has 10 nitrogen and oxygen atoms in total. The SMILES string of the molecule is Cc1cc(OCC(=O)O[C@@H](C)C(=O)Nc2ccccc2[N+](=O)[O-])no1. The molecule has 0 fully saturated rings. The number of carbonyl (C=O) groups is 2. The average molecular weight is 349 g/mol. The van der Waals surface area contributed by atoms with Crippen molar-refractivity contribution in [2.24, 2.45) is 0 Å². The Balaban J connectivity index is 1.87. The summed E-state index contributed by atoms with van der Waals surface area (Å²) in [5.74, 6) is -0.877. The predicted octanol–water partition coefficient (Wildman–Crippen LogP) is 1.84. The van der Waals surface area contributed by atoms with E-state index in [-0.39, 0.29) is 17.3 Å². The van der Waals surface area contributed by atoms with Gasteiger partial charge in [-0.2, -0.15) is 0 Å². The summed E-state index contributed by atoms with van der Waals surface area (Å²) in [5, 5.41) is 16.8. The number of hydrogen-bond acceptors (Lipinski definition) is 8. The van der Waals surface area contributed by atoms with Crippen molar-refractivity contribution in [3.8, 4) is 5.88 Å². The highest BCUT2D eigenvalue weighted by Crippen LogP contribution is 2.23. The first-order chi connectivity index (χ1) is 11.9. The van der Waals surface area contributed by atoms with Crippen LogP contribution in [0.5, 0.6) is 5.88 Å². The Morgan fingerprint density at radius 1 is 1.40 bits per heavy atom. The third kappa shape index (κ3) is 5.03. The van der Waals surface area contributed by atoms with E-state index < -0.39 is 29.5 Å². The molecular formula is C15H15N3O7. The summed E-state index contributed by atoms with van der Waals surface area (Å²) < 4.78 is 14.7. The van der Waals surface area contributed by atoms with Crippen LogP contribution in [0.2, 0.25) is 0 Å². The zero-order valence-electron chi connectivity index (χ0n) is 13.4. The van der Waals surface area contributed by atoms with Crippen molar-refractivity contribution in [2.75, 3.05) is 11.9 Å². The Bertz CT molecular complexity index is 787. The van der Waals surface area contributed by atoms with Crippen LogP contribution in [0.4, 0.5) is 11.4 Å². The monoisotopic (exact) mass is 349 g/mol. The van der Waals surface area contributed by atoms with Gasteiger partial charge in [-0.05, 0) is 25.1 Å². The van der Waals surface area contributed by atoms with Crippen molar-refractivity contribution >= 4 is 23.3 Å². The molecule has 2 rings (SSSR count). The van der Waals surface area contributed by atoms with Crippen LogP contribution in [0.3, 0.4) is 0 Å². The number of hydrogen-bond donors (Lipinski definition) is 1. The third-order valence-electron chi connectivity index (χ3n) is 2.98. The van der Waals surface area contributed by atoms with Crippen molar-refractivity contribution in [1.29, 1.82) is 0 Å². The number of nitrogens with one attached hydrogen (secondary N) is 1. The van der Waals surface area contributed by atoms with Gasteiger partial charge in [0.2, 0.25) is 0 Å². The number of aromatic nitrogens is 1. The van der Waals surface area contributed by atoms with E-state index >= 15 is 0 Å². The van der Waals surface area contributed by atoms with E-state index in [2.05, 4.69) is 10.5 Å². The number of nitrogens with zero attached hydrogens (tertiary/aromatic N) is 2. The summed E-state index contributed by atoms with van der Waals surface area (Å²) in [4.78, 5) is 34.0. The number of anilines is 1. The van der Waals surface area contributed by atoms with Crippen molar-refractivity contribution in [2.45, 2.75) is 20.0 Å². The maximum atomic E-state index is 12.0. The maximum Gasteiger partial charge on any atom is 0.345 e. The topological polar surface area (TPSA) is 134 Å². The summed E-state index contributed by atoms with van der Waals surface area (Å²) in [6, 6.07) is 7.12. The molecule has 0 unspecified atom stereocenters. The van der Waals surface area contributed by atoms with Crippen molar-refractivity contribution in [1.82, 2.24) is 5.16 Å². The average Bonchev–Trinajstić information content (AvgIpc) is 2.98. The Kier molecular flexibility index (Phi) is 5.66. The molecular weight excluding hydrogens is 334 g/mol. The van der Waals surface area contributed by atoms with Crippen LogP contribution >= 0.6 is 0 Å². The molecule has 132 valence electrons. The first kappa shape index (κ1) is 17.9. The quantitative estimate of drug-likeness (QED) is 0.454. The van der Waals surface area contributed by atoms with Crippen LogP contribution < -0.4 is 10.1 Å². The number of ether oxygens (including phenoxy) is 2. The third-order valence-corrected chi connectivity index (χ3v) is 2.98. The number of nitro groups is 1. The van der Waals surface area contributed by atoms with Gasteiger partial charge in [-0.15, -0.1) is 0 Å². The Hall–Kier alpha value is -3.43. The molecule has 1 N–H and O–H groups in total. The molecule has 0 bridgehead atoms. The highest BCUT2D eigenvalue weighted by molar-refractivity contribution is 5.96. The molecule has 1 heterocycles. The van der Waals surface area contributed by atoms with E-state index in [0.29, 0.717) is 5.76 Å². The zero-order chi connectivity index (χ0) is 18.4. The standard InChI is InChI=1S/C15H15N3O7/c1-9-7-13(17-25-9)23-8-14(19)24-10(2)15(20)16-11-5-3-4-6-12(11)18(21)22/h3-7,10H,8H2,1-2H3,(H,16,20)/t10-/m0/s1. The van der Waals surface area contributed by atoms with Crippen LogP contribution in [0.25, 0.3) is 0 Å². The molecule has 0 spiro atoms. The van der Waals surface area contributed by atoms with Gasteiger partial charge in [-0.1, -0.05) is 12.1 Å². The zero-order valence-corrected chi connectivity index (χ0v) is 13.4. The highest BCUT2D eigenvalue weighted by atomic mass is 16.6. The van der Waals surface area contributed by atoms with Gasteiger partial charge in [-0.25, -0.2) is 4.79 Å². The van der Waals surface area contributed by atoms with Gasteiger partial charge < -0.3 is 19.3 Å². The molecule has 25 heavy (non-hydrogen) atoms. The van der Waals surface area contributed by atoms with E-state index in [1.54, 1.807) is 6.92 Å². The van der Waals surface area contributed by atoms with Crippen LogP contribution in [-0.2, 0) is 14.3 Å². The number of benzene rings is 1. The molecule has 0 aliphatic heterocycles. The summed E-state index contributed by atoms with van der Waals surface area (Å²) >= 11 is 0. The number of aryl methyl sites for hydroxylation is 1. The summed E-state index contributed by atoms with van der Waals surface area (Å²) in [6.45, 7) is 2.53. The van der Waals surface area contributed by atoms with Crippen LogP contribution in [0, 0.1) is 17.0 Å². The number of rotatable bonds is 7. The summed E-state index contributed by atoms with van der Waals surface area (Å²) in [6.07, 6.45) is -1.17. The summed E-state index contributed by atoms with van der Waals surface area (Å²) in [7, 11) is 0. The predicted molar refractivity (Wildman–Crippen MR) is 84.0 cm³/mol. The van der Waals surface area contributed by atoms with Gasteiger partial charge in [0.15, 0.2) is 12.7 Å². The molecule has 1 aromatic heterocycles.